The van der Waals surface area contributed by atoms with Gasteiger partial charge in [0, 0.05) is 11.5 Å². The fourth-order valence-electron chi connectivity index (χ4n) is 2.29. The van der Waals surface area contributed by atoms with Crippen LogP contribution in [-0.2, 0) is 0 Å². The molecule has 0 saturated heterocycles. The summed E-state index contributed by atoms with van der Waals surface area (Å²) in [6.45, 7) is 0.224. The van der Waals surface area contributed by atoms with Gasteiger partial charge in [-0.3, -0.25) is 0 Å². The highest BCUT2D eigenvalue weighted by Gasteiger charge is 2.30. The molecule has 0 atom stereocenters. The molecule has 1 aliphatic heterocycles. The third kappa shape index (κ3) is 1.84. The fourth-order valence-corrected chi connectivity index (χ4v) is 2.29. The van der Waals surface area contributed by atoms with Gasteiger partial charge in [0.2, 0.25) is 12.6 Å². The van der Waals surface area contributed by atoms with E-state index in [2.05, 4.69) is 20.3 Å². The molecule has 0 unspecified atom stereocenters. The summed E-state index contributed by atoms with van der Waals surface area (Å²) < 4.78 is 21.0. The molecule has 8 nitrogen and oxygen atoms in total. The quantitative estimate of drug-likeness (QED) is 0.727. The summed E-state index contributed by atoms with van der Waals surface area (Å²) in [7, 11) is 0. The van der Waals surface area contributed by atoms with E-state index >= 15 is 0 Å². The van der Waals surface area contributed by atoms with Crippen LogP contribution in [0.2, 0.25) is 0 Å². The Hall–Kier alpha value is -2.90. The van der Waals surface area contributed by atoms with Gasteiger partial charge in [0.25, 0.3) is 0 Å². The van der Waals surface area contributed by atoms with Crippen molar-refractivity contribution >= 4 is 0 Å². The van der Waals surface area contributed by atoms with Gasteiger partial charge in [-0.1, -0.05) is 10.3 Å². The summed E-state index contributed by atoms with van der Waals surface area (Å²) in [5.41, 5.74) is 0.765. The Morgan fingerprint density at radius 2 is 1.73 bits per heavy atom. The first-order valence-electron chi connectivity index (χ1n) is 6.94. The maximum Gasteiger partial charge on any atom is 0.316 e. The lowest BCUT2D eigenvalue weighted by molar-refractivity contribution is 0.174. The van der Waals surface area contributed by atoms with Gasteiger partial charge >= 0.3 is 11.8 Å². The molecular weight excluding hydrogens is 288 g/mol. The Morgan fingerprint density at radius 1 is 0.909 bits per heavy atom. The molecule has 1 aromatic carbocycles. The third-order valence-corrected chi connectivity index (χ3v) is 3.62. The summed E-state index contributed by atoms with van der Waals surface area (Å²) in [6.07, 6.45) is 2.20. The van der Waals surface area contributed by atoms with Crippen molar-refractivity contribution in [1.29, 1.82) is 0 Å². The zero-order chi connectivity index (χ0) is 14.5. The highest BCUT2D eigenvalue weighted by atomic mass is 16.7. The van der Waals surface area contributed by atoms with Crippen molar-refractivity contribution in [2.24, 2.45) is 0 Å². The molecule has 2 aromatic heterocycles. The summed E-state index contributed by atoms with van der Waals surface area (Å²) in [5, 5.41) is 7.88. The number of fused-ring (bicyclic) bond motifs is 1. The van der Waals surface area contributed by atoms with Crippen molar-refractivity contribution in [1.82, 2.24) is 20.3 Å². The molecule has 3 heterocycles. The zero-order valence-corrected chi connectivity index (χ0v) is 11.4. The van der Waals surface area contributed by atoms with Gasteiger partial charge in [0.15, 0.2) is 17.3 Å². The number of aromatic nitrogens is 4. The van der Waals surface area contributed by atoms with Crippen LogP contribution in [-0.4, -0.2) is 27.1 Å². The van der Waals surface area contributed by atoms with E-state index in [1.165, 1.54) is 0 Å². The summed E-state index contributed by atoms with van der Waals surface area (Å²) in [5.74, 6) is 3.38. The minimum Gasteiger partial charge on any atom is -0.454 e. The van der Waals surface area contributed by atoms with Crippen LogP contribution in [0.4, 0.5) is 0 Å². The van der Waals surface area contributed by atoms with Crippen LogP contribution in [0.15, 0.2) is 27.2 Å². The second-order valence-electron chi connectivity index (χ2n) is 5.22. The molecule has 3 aromatic rings. The first-order valence-corrected chi connectivity index (χ1v) is 6.94. The SMILES string of the molecule is c1cc2c(cc1-c1noc(-c3nc(C4CC4)no3)n1)OCO2. The Balaban J connectivity index is 1.47. The van der Waals surface area contributed by atoms with Crippen molar-refractivity contribution in [2.45, 2.75) is 18.8 Å². The first-order chi connectivity index (χ1) is 10.9. The van der Waals surface area contributed by atoms with Crippen LogP contribution in [0.5, 0.6) is 11.5 Å². The lowest BCUT2D eigenvalue weighted by Crippen LogP contribution is -1.92. The van der Waals surface area contributed by atoms with Crippen molar-refractivity contribution in [3.63, 3.8) is 0 Å². The van der Waals surface area contributed by atoms with E-state index in [9.17, 15) is 0 Å². The second-order valence-corrected chi connectivity index (χ2v) is 5.22. The normalized spacial score (nSPS) is 16.2. The average molecular weight is 298 g/mol. The van der Waals surface area contributed by atoms with Crippen molar-refractivity contribution in [2.75, 3.05) is 6.79 Å². The van der Waals surface area contributed by atoms with Gasteiger partial charge in [0.05, 0.1) is 0 Å². The smallest absolute Gasteiger partial charge is 0.316 e. The molecule has 5 rings (SSSR count). The molecule has 22 heavy (non-hydrogen) atoms. The predicted molar refractivity (Wildman–Crippen MR) is 71.1 cm³/mol. The van der Waals surface area contributed by atoms with Gasteiger partial charge in [0.1, 0.15) is 0 Å². The Morgan fingerprint density at radius 3 is 2.64 bits per heavy atom. The Bertz CT molecular complexity index is 852. The van der Waals surface area contributed by atoms with E-state index < -0.39 is 0 Å². The van der Waals surface area contributed by atoms with Crippen molar-refractivity contribution in [3.05, 3.63) is 24.0 Å². The molecule has 8 heteroatoms. The predicted octanol–water partition coefficient (Wildman–Crippen LogP) is 2.39. The minimum absolute atomic E-state index is 0.215. The van der Waals surface area contributed by atoms with E-state index in [1.807, 2.05) is 12.1 Å². The molecule has 1 fully saturated rings. The monoisotopic (exact) mass is 298 g/mol. The van der Waals surface area contributed by atoms with Gasteiger partial charge in [-0.05, 0) is 31.0 Å². The average Bonchev–Trinajstić information content (AvgIpc) is 3.00. The van der Waals surface area contributed by atoms with E-state index in [0.717, 1.165) is 18.4 Å². The van der Waals surface area contributed by atoms with Crippen LogP contribution in [0, 0.1) is 0 Å². The van der Waals surface area contributed by atoms with E-state index in [4.69, 9.17) is 18.5 Å². The van der Waals surface area contributed by atoms with E-state index in [1.54, 1.807) is 6.07 Å². The van der Waals surface area contributed by atoms with Crippen LogP contribution in [0.1, 0.15) is 24.6 Å². The van der Waals surface area contributed by atoms with Crippen molar-refractivity contribution < 1.29 is 18.5 Å². The number of nitrogens with zero attached hydrogens (tertiary/aromatic N) is 4. The zero-order valence-electron chi connectivity index (χ0n) is 11.4. The maximum atomic E-state index is 5.34. The standard InChI is InChI=1S/C14H10N4O4/c1-2-7(1)11-15-13(21-17-11)14-16-12(18-22-14)8-3-4-9-10(5-8)20-6-19-9/h3-5,7H,1-2,6H2. The van der Waals surface area contributed by atoms with Gasteiger partial charge < -0.3 is 18.5 Å². The van der Waals surface area contributed by atoms with E-state index in [0.29, 0.717) is 29.1 Å². The lowest BCUT2D eigenvalue weighted by Gasteiger charge is -1.97. The Labute approximate surface area is 124 Å². The van der Waals surface area contributed by atoms with Crippen LogP contribution in [0.3, 0.4) is 0 Å². The molecule has 2 aliphatic rings. The molecule has 0 spiro atoms. The molecule has 1 aliphatic carbocycles. The third-order valence-electron chi connectivity index (χ3n) is 3.62. The summed E-state index contributed by atoms with van der Waals surface area (Å²) >= 11 is 0. The van der Waals surface area contributed by atoms with E-state index in [-0.39, 0.29) is 18.6 Å². The number of rotatable bonds is 3. The van der Waals surface area contributed by atoms with Gasteiger partial charge in [-0.25, -0.2) is 0 Å². The molecule has 0 N–H and O–H groups in total. The summed E-state index contributed by atoms with van der Waals surface area (Å²) in [4.78, 5) is 8.59. The van der Waals surface area contributed by atoms with Gasteiger partial charge in [-0.15, -0.1) is 0 Å². The highest BCUT2D eigenvalue weighted by molar-refractivity contribution is 5.62. The number of ether oxygens (including phenoxy) is 2. The second kappa shape index (κ2) is 4.30. The maximum absolute atomic E-state index is 5.34. The fraction of sp³-hybridized carbons (Fsp3) is 0.286. The molecule has 1 saturated carbocycles. The van der Waals surface area contributed by atoms with Crippen LogP contribution < -0.4 is 9.47 Å². The van der Waals surface area contributed by atoms with Crippen LogP contribution >= 0.6 is 0 Å². The first kappa shape index (κ1) is 11.7. The summed E-state index contributed by atoms with van der Waals surface area (Å²) in [6, 6.07) is 5.46. The Kier molecular flexibility index (Phi) is 2.29. The minimum atomic E-state index is 0.215. The lowest BCUT2D eigenvalue weighted by atomic mass is 10.2. The molecule has 0 bridgehead atoms. The number of benzene rings is 1. The molecule has 110 valence electrons. The van der Waals surface area contributed by atoms with Crippen LogP contribution in [0.25, 0.3) is 23.2 Å². The molecular formula is C14H10N4O4. The topological polar surface area (TPSA) is 96.3 Å². The van der Waals surface area contributed by atoms with Crippen molar-refractivity contribution in [3.8, 4) is 34.7 Å². The largest absolute Gasteiger partial charge is 0.454 e. The number of hydrogen-bond donors (Lipinski definition) is 0. The van der Waals surface area contributed by atoms with Gasteiger partial charge in [-0.2, -0.15) is 9.97 Å². The molecule has 0 radical (unpaired) electrons. The molecule has 0 amide bonds. The number of hydrogen-bond acceptors (Lipinski definition) is 8. The highest BCUT2D eigenvalue weighted by Crippen LogP contribution is 2.39.